The van der Waals surface area contributed by atoms with Gasteiger partial charge in [0, 0.05) is 6.07 Å². The van der Waals surface area contributed by atoms with Crippen LogP contribution >= 0.6 is 0 Å². The van der Waals surface area contributed by atoms with Gasteiger partial charge in [0.1, 0.15) is 22.3 Å². The summed E-state index contributed by atoms with van der Waals surface area (Å²) in [4.78, 5) is -1.29. The first-order chi connectivity index (χ1) is 10.1. The van der Waals surface area contributed by atoms with Crippen molar-refractivity contribution in [1.82, 2.24) is 0 Å². The molecule has 0 bridgehead atoms. The molecule has 118 valence electrons. The summed E-state index contributed by atoms with van der Waals surface area (Å²) in [5, 5.41) is 0. The molecule has 0 heterocycles. The van der Waals surface area contributed by atoms with Crippen molar-refractivity contribution in [1.29, 1.82) is 0 Å². The van der Waals surface area contributed by atoms with Crippen LogP contribution < -0.4 is 4.18 Å². The van der Waals surface area contributed by atoms with Crippen LogP contribution in [0.15, 0.2) is 47.4 Å². The highest BCUT2D eigenvalue weighted by Crippen LogP contribution is 2.32. The fraction of sp³-hybridized carbons (Fsp3) is 0.0769. The highest BCUT2D eigenvalue weighted by molar-refractivity contribution is 7.87. The van der Waals surface area contributed by atoms with E-state index in [0.29, 0.717) is 18.2 Å². The molecule has 0 radical (unpaired) electrons. The first kappa shape index (κ1) is 16.2. The molecule has 0 fully saturated rings. The van der Waals surface area contributed by atoms with Crippen LogP contribution in [0.2, 0.25) is 0 Å². The Labute approximate surface area is 122 Å². The quantitative estimate of drug-likeness (QED) is 0.632. The summed E-state index contributed by atoms with van der Waals surface area (Å²) in [6, 6.07) is 4.77. The van der Waals surface area contributed by atoms with Crippen LogP contribution in [0, 0.1) is 11.6 Å². The van der Waals surface area contributed by atoms with Crippen molar-refractivity contribution >= 4 is 10.1 Å². The molecule has 0 saturated heterocycles. The Morgan fingerprint density at radius 3 is 2.23 bits per heavy atom. The molecule has 2 aromatic rings. The van der Waals surface area contributed by atoms with Gasteiger partial charge >= 0.3 is 16.3 Å². The van der Waals surface area contributed by atoms with Gasteiger partial charge in [-0.1, -0.05) is 6.07 Å². The van der Waals surface area contributed by atoms with E-state index >= 15 is 0 Å². The molecule has 2 rings (SSSR count). The molecule has 9 heteroatoms. The average molecular weight is 338 g/mol. The zero-order valence-electron chi connectivity index (χ0n) is 10.6. The minimum absolute atomic E-state index is 0.115. The highest BCUT2D eigenvalue weighted by atomic mass is 32.2. The Hall–Kier alpha value is -2.16. The molecule has 0 amide bonds. The van der Waals surface area contributed by atoms with Crippen molar-refractivity contribution in [3.05, 3.63) is 59.7 Å². The molecule has 0 aliphatic heterocycles. The Morgan fingerprint density at radius 2 is 1.64 bits per heavy atom. The monoisotopic (exact) mass is 338 g/mol. The SMILES string of the molecule is O=S(=O)(Oc1cccc(F)c1)c1cc(C(F)(F)F)ccc1F. The Bertz CT molecular complexity index is 800. The molecule has 0 unspecified atom stereocenters. The van der Waals surface area contributed by atoms with Crippen LogP contribution in [0.5, 0.6) is 5.75 Å². The van der Waals surface area contributed by atoms with Crippen molar-refractivity contribution in [2.75, 3.05) is 0 Å². The van der Waals surface area contributed by atoms with Crippen molar-refractivity contribution in [2.45, 2.75) is 11.1 Å². The third kappa shape index (κ3) is 3.53. The van der Waals surface area contributed by atoms with Crippen LogP contribution in [0.25, 0.3) is 0 Å². The minimum Gasteiger partial charge on any atom is -0.379 e. The third-order valence-electron chi connectivity index (χ3n) is 2.53. The molecule has 0 spiro atoms. The zero-order chi connectivity index (χ0) is 16.5. The molecule has 0 aliphatic rings. The topological polar surface area (TPSA) is 43.4 Å². The Kier molecular flexibility index (Phi) is 4.10. The summed E-state index contributed by atoms with van der Waals surface area (Å²) in [5.41, 5.74) is -1.35. The van der Waals surface area contributed by atoms with Crippen LogP contribution in [0.4, 0.5) is 22.0 Å². The summed E-state index contributed by atoms with van der Waals surface area (Å²) in [6.45, 7) is 0. The number of alkyl halides is 3. The van der Waals surface area contributed by atoms with E-state index in [4.69, 9.17) is 0 Å². The molecule has 22 heavy (non-hydrogen) atoms. The van der Waals surface area contributed by atoms with E-state index in [-0.39, 0.29) is 6.07 Å². The van der Waals surface area contributed by atoms with E-state index in [1.807, 2.05) is 0 Å². The van der Waals surface area contributed by atoms with Gasteiger partial charge in [-0.2, -0.15) is 21.6 Å². The van der Waals surface area contributed by atoms with Gasteiger partial charge < -0.3 is 4.18 Å². The Morgan fingerprint density at radius 1 is 0.955 bits per heavy atom. The van der Waals surface area contributed by atoms with E-state index < -0.39 is 44.1 Å². The normalized spacial score (nSPS) is 12.2. The largest absolute Gasteiger partial charge is 0.416 e. The van der Waals surface area contributed by atoms with Gasteiger partial charge in [-0.15, -0.1) is 0 Å². The smallest absolute Gasteiger partial charge is 0.379 e. The first-order valence-corrected chi connectivity index (χ1v) is 7.07. The molecule has 3 nitrogen and oxygen atoms in total. The minimum atomic E-state index is -4.89. The maximum Gasteiger partial charge on any atom is 0.416 e. The number of rotatable bonds is 3. The molecular weight excluding hydrogens is 331 g/mol. The molecular formula is C13H7F5O3S. The standard InChI is InChI=1S/C13H7F5O3S/c14-9-2-1-3-10(7-9)21-22(19,20)12-6-8(13(16,17)18)4-5-11(12)15/h1-7H. The maximum atomic E-state index is 13.5. The van der Waals surface area contributed by atoms with E-state index in [9.17, 15) is 30.4 Å². The van der Waals surface area contributed by atoms with Gasteiger partial charge in [-0.3, -0.25) is 0 Å². The first-order valence-electron chi connectivity index (χ1n) is 5.66. The second-order valence-corrected chi connectivity index (χ2v) is 5.65. The predicted octanol–water partition coefficient (Wildman–Crippen LogP) is 3.75. The molecule has 0 atom stereocenters. The molecule has 2 aromatic carbocycles. The predicted molar refractivity (Wildman–Crippen MR) is 65.6 cm³/mol. The number of hydrogen-bond donors (Lipinski definition) is 0. The van der Waals surface area contributed by atoms with Crippen molar-refractivity contribution in [3.8, 4) is 5.75 Å². The summed E-state index contributed by atoms with van der Waals surface area (Å²) in [6.07, 6.45) is -4.85. The number of benzene rings is 2. The van der Waals surface area contributed by atoms with Crippen molar-refractivity contribution < 1.29 is 34.6 Å². The van der Waals surface area contributed by atoms with Gasteiger partial charge in [0.25, 0.3) is 0 Å². The lowest BCUT2D eigenvalue weighted by Crippen LogP contribution is -2.14. The van der Waals surface area contributed by atoms with Gasteiger partial charge in [0.05, 0.1) is 5.56 Å². The van der Waals surface area contributed by atoms with E-state index in [2.05, 4.69) is 4.18 Å². The van der Waals surface area contributed by atoms with E-state index in [1.54, 1.807) is 0 Å². The highest BCUT2D eigenvalue weighted by Gasteiger charge is 2.33. The van der Waals surface area contributed by atoms with E-state index in [0.717, 1.165) is 18.2 Å². The third-order valence-corrected chi connectivity index (χ3v) is 3.79. The van der Waals surface area contributed by atoms with Crippen LogP contribution in [-0.4, -0.2) is 8.42 Å². The van der Waals surface area contributed by atoms with Crippen molar-refractivity contribution in [3.63, 3.8) is 0 Å². The lowest BCUT2D eigenvalue weighted by atomic mass is 10.2. The summed E-state index contributed by atoms with van der Waals surface area (Å²) >= 11 is 0. The van der Waals surface area contributed by atoms with Crippen molar-refractivity contribution in [2.24, 2.45) is 0 Å². The van der Waals surface area contributed by atoms with Gasteiger partial charge in [-0.05, 0) is 30.3 Å². The zero-order valence-corrected chi connectivity index (χ0v) is 11.4. The fourth-order valence-corrected chi connectivity index (χ4v) is 2.59. The van der Waals surface area contributed by atoms with Gasteiger partial charge in [0.15, 0.2) is 0 Å². The number of hydrogen-bond acceptors (Lipinski definition) is 3. The lowest BCUT2D eigenvalue weighted by Gasteiger charge is -2.11. The molecule has 0 saturated carbocycles. The molecule has 0 aromatic heterocycles. The summed E-state index contributed by atoms with van der Waals surface area (Å²) in [5.74, 6) is -2.72. The molecule has 0 N–H and O–H groups in total. The van der Waals surface area contributed by atoms with Gasteiger partial charge in [-0.25, -0.2) is 8.78 Å². The maximum absolute atomic E-state index is 13.5. The lowest BCUT2D eigenvalue weighted by molar-refractivity contribution is -0.137. The summed E-state index contributed by atoms with van der Waals surface area (Å²) < 4.78 is 92.3. The second kappa shape index (κ2) is 5.56. The second-order valence-electron chi connectivity index (χ2n) is 4.14. The van der Waals surface area contributed by atoms with Crippen LogP contribution in [0.1, 0.15) is 5.56 Å². The van der Waals surface area contributed by atoms with E-state index in [1.165, 1.54) is 0 Å². The van der Waals surface area contributed by atoms with Crippen LogP contribution in [0.3, 0.4) is 0 Å². The number of halogens is 5. The van der Waals surface area contributed by atoms with Gasteiger partial charge in [0.2, 0.25) is 0 Å². The molecule has 0 aliphatic carbocycles. The fourth-order valence-electron chi connectivity index (χ4n) is 1.56. The Balaban J connectivity index is 2.45. The summed E-state index contributed by atoms with van der Waals surface area (Å²) in [7, 11) is -4.89. The van der Waals surface area contributed by atoms with Crippen LogP contribution in [-0.2, 0) is 16.3 Å². The average Bonchev–Trinajstić information content (AvgIpc) is 2.36.